The predicted molar refractivity (Wildman–Crippen MR) is 73.0 cm³/mol. The number of hydrogen-bond acceptors (Lipinski definition) is 6. The van der Waals surface area contributed by atoms with Gasteiger partial charge in [0.05, 0.1) is 19.1 Å². The molecule has 1 atom stereocenters. The number of nitrogens with one attached hydrogen (secondary N) is 1. The van der Waals surface area contributed by atoms with Crippen molar-refractivity contribution in [2.24, 2.45) is 0 Å². The summed E-state index contributed by atoms with van der Waals surface area (Å²) in [5.74, 6) is -0.816. The van der Waals surface area contributed by atoms with Gasteiger partial charge in [-0.15, -0.1) is 0 Å². The van der Waals surface area contributed by atoms with Gasteiger partial charge in [0.1, 0.15) is 6.04 Å². The third-order valence-corrected chi connectivity index (χ3v) is 4.15. The number of ether oxygens (including phenoxy) is 2. The molecule has 3 N–H and O–H groups in total. The largest absolute Gasteiger partial charge is 0.493 e. The molecule has 0 bridgehead atoms. The highest BCUT2D eigenvalue weighted by atomic mass is 32.2. The lowest BCUT2D eigenvalue weighted by molar-refractivity contribution is -0.139. The smallest absolute Gasteiger partial charge is 0.321 e. The minimum atomic E-state index is -4.06. The summed E-state index contributed by atoms with van der Waals surface area (Å²) < 4.78 is 36.3. The number of sulfonamides is 1. The monoisotopic (exact) mass is 319 g/mol. The molecule has 21 heavy (non-hydrogen) atoms. The number of methoxy groups -OCH3 is 2. The van der Waals surface area contributed by atoms with Crippen LogP contribution in [-0.2, 0) is 14.8 Å². The first kappa shape index (κ1) is 17.2. The van der Waals surface area contributed by atoms with E-state index in [0.29, 0.717) is 5.75 Å². The number of carboxylic acids is 1. The Balaban J connectivity index is 3.10. The standard InChI is InChI=1S/C12H17NO7S/c1-19-10-4-3-8(7-11(10)20-2)21(17,18)13-9(5-6-14)12(15)16/h3-4,7,9,13-14H,5-6H2,1-2H3,(H,15,16)/t9-/m0/s1. The lowest BCUT2D eigenvalue weighted by atomic mass is 10.2. The third-order valence-electron chi connectivity index (χ3n) is 2.68. The van der Waals surface area contributed by atoms with E-state index < -0.39 is 28.6 Å². The van der Waals surface area contributed by atoms with E-state index in [-0.39, 0.29) is 17.1 Å². The number of rotatable bonds is 8. The molecule has 1 aromatic carbocycles. The van der Waals surface area contributed by atoms with Crippen molar-refractivity contribution in [1.82, 2.24) is 4.72 Å². The average Bonchev–Trinajstić information content (AvgIpc) is 2.45. The van der Waals surface area contributed by atoms with E-state index in [0.717, 1.165) is 0 Å². The fourth-order valence-electron chi connectivity index (χ4n) is 1.60. The molecule has 0 radical (unpaired) electrons. The number of benzene rings is 1. The Kier molecular flexibility index (Phi) is 5.94. The van der Waals surface area contributed by atoms with Crippen molar-refractivity contribution in [3.63, 3.8) is 0 Å². The van der Waals surface area contributed by atoms with E-state index in [1.165, 1.54) is 32.4 Å². The topological polar surface area (TPSA) is 122 Å². The van der Waals surface area contributed by atoms with Crippen molar-refractivity contribution in [3.05, 3.63) is 18.2 Å². The zero-order valence-corrected chi connectivity index (χ0v) is 12.4. The van der Waals surface area contributed by atoms with Crippen LogP contribution in [0.5, 0.6) is 11.5 Å². The first-order valence-electron chi connectivity index (χ1n) is 5.93. The first-order chi connectivity index (χ1) is 9.85. The Hall–Kier alpha value is -1.84. The Morgan fingerprint density at radius 3 is 2.38 bits per heavy atom. The number of aliphatic carboxylic acids is 1. The molecule has 0 amide bonds. The van der Waals surface area contributed by atoms with Crippen LogP contribution in [0.25, 0.3) is 0 Å². The number of carbonyl (C=O) groups is 1. The van der Waals surface area contributed by atoms with Crippen LogP contribution in [0.15, 0.2) is 23.1 Å². The fourth-order valence-corrected chi connectivity index (χ4v) is 2.84. The molecule has 0 heterocycles. The highest BCUT2D eigenvalue weighted by molar-refractivity contribution is 7.89. The van der Waals surface area contributed by atoms with Gasteiger partial charge in [-0.25, -0.2) is 8.42 Å². The molecule has 0 aliphatic heterocycles. The second-order valence-corrected chi connectivity index (χ2v) is 5.76. The lowest BCUT2D eigenvalue weighted by Crippen LogP contribution is -2.41. The summed E-state index contributed by atoms with van der Waals surface area (Å²) in [4.78, 5) is 10.8. The summed E-state index contributed by atoms with van der Waals surface area (Å²) in [7, 11) is -1.30. The SMILES string of the molecule is COc1ccc(S(=O)(=O)N[C@@H](CCO)C(=O)O)cc1OC. The summed E-state index contributed by atoms with van der Waals surface area (Å²) in [5, 5.41) is 17.7. The van der Waals surface area contributed by atoms with Crippen LogP contribution in [0.1, 0.15) is 6.42 Å². The van der Waals surface area contributed by atoms with E-state index in [2.05, 4.69) is 0 Å². The Morgan fingerprint density at radius 2 is 1.90 bits per heavy atom. The Bertz CT molecular complexity index is 600. The molecule has 0 saturated carbocycles. The molecule has 118 valence electrons. The quantitative estimate of drug-likeness (QED) is 0.607. The van der Waals surface area contributed by atoms with E-state index in [4.69, 9.17) is 19.7 Å². The van der Waals surface area contributed by atoms with E-state index in [1.807, 2.05) is 4.72 Å². The van der Waals surface area contributed by atoms with Crippen molar-refractivity contribution in [2.45, 2.75) is 17.4 Å². The zero-order valence-electron chi connectivity index (χ0n) is 11.6. The van der Waals surface area contributed by atoms with E-state index >= 15 is 0 Å². The van der Waals surface area contributed by atoms with Gasteiger partial charge in [-0.2, -0.15) is 4.72 Å². The van der Waals surface area contributed by atoms with Crippen LogP contribution < -0.4 is 14.2 Å². The summed E-state index contributed by atoms with van der Waals surface area (Å²) in [6.07, 6.45) is -0.234. The van der Waals surface area contributed by atoms with E-state index in [9.17, 15) is 13.2 Å². The molecular weight excluding hydrogens is 302 g/mol. The maximum absolute atomic E-state index is 12.1. The number of aliphatic hydroxyl groups excluding tert-OH is 1. The van der Waals surface area contributed by atoms with Gasteiger partial charge in [0.25, 0.3) is 0 Å². The molecule has 1 aromatic rings. The van der Waals surface area contributed by atoms with E-state index in [1.54, 1.807) is 0 Å². The fraction of sp³-hybridized carbons (Fsp3) is 0.417. The molecule has 8 nitrogen and oxygen atoms in total. The van der Waals surface area contributed by atoms with Gasteiger partial charge < -0.3 is 19.7 Å². The van der Waals surface area contributed by atoms with Crippen molar-refractivity contribution in [3.8, 4) is 11.5 Å². The van der Waals surface area contributed by atoms with Crippen molar-refractivity contribution < 1.29 is 32.9 Å². The van der Waals surface area contributed by atoms with Gasteiger partial charge in [-0.3, -0.25) is 4.79 Å². The summed E-state index contributed by atoms with van der Waals surface area (Å²) >= 11 is 0. The molecule has 0 aromatic heterocycles. The highest BCUT2D eigenvalue weighted by Gasteiger charge is 2.25. The molecule has 0 saturated heterocycles. The Labute approximate surface area is 122 Å². The maximum Gasteiger partial charge on any atom is 0.321 e. The minimum absolute atomic E-state index is 0.163. The molecule has 0 aliphatic carbocycles. The molecule has 0 fully saturated rings. The van der Waals surface area contributed by atoms with Gasteiger partial charge in [-0.1, -0.05) is 0 Å². The van der Waals surface area contributed by atoms with Gasteiger partial charge in [0.15, 0.2) is 11.5 Å². The van der Waals surface area contributed by atoms with Gasteiger partial charge in [-0.05, 0) is 18.6 Å². The number of carboxylic acid groups (broad SMARTS) is 1. The number of aliphatic hydroxyl groups is 1. The lowest BCUT2D eigenvalue weighted by Gasteiger charge is -2.15. The molecular formula is C12H17NO7S. The molecule has 0 spiro atoms. The van der Waals surface area contributed by atoms with Crippen LogP contribution in [0.4, 0.5) is 0 Å². The normalized spacial score (nSPS) is 12.7. The van der Waals surface area contributed by atoms with Gasteiger partial charge in [0.2, 0.25) is 10.0 Å². The summed E-state index contributed by atoms with van der Waals surface area (Å²) in [6.45, 7) is -0.453. The van der Waals surface area contributed by atoms with Crippen LogP contribution in [0, 0.1) is 0 Å². The zero-order chi connectivity index (χ0) is 16.0. The van der Waals surface area contributed by atoms with Crippen molar-refractivity contribution in [2.75, 3.05) is 20.8 Å². The van der Waals surface area contributed by atoms with Crippen molar-refractivity contribution >= 4 is 16.0 Å². The van der Waals surface area contributed by atoms with Gasteiger partial charge >= 0.3 is 5.97 Å². The van der Waals surface area contributed by atoms with Crippen LogP contribution in [0.3, 0.4) is 0 Å². The molecule has 0 aliphatic rings. The van der Waals surface area contributed by atoms with Gasteiger partial charge in [0, 0.05) is 12.7 Å². The molecule has 9 heteroatoms. The summed E-state index contributed by atoms with van der Waals surface area (Å²) in [6, 6.07) is 2.48. The Morgan fingerprint density at radius 1 is 1.29 bits per heavy atom. The maximum atomic E-state index is 12.1. The second-order valence-electron chi connectivity index (χ2n) is 4.04. The second kappa shape index (κ2) is 7.25. The predicted octanol–water partition coefficient (Wildman–Crippen LogP) is -0.182. The first-order valence-corrected chi connectivity index (χ1v) is 7.42. The third kappa shape index (κ3) is 4.31. The number of hydrogen-bond donors (Lipinski definition) is 3. The minimum Gasteiger partial charge on any atom is -0.493 e. The van der Waals surface area contributed by atoms with Crippen molar-refractivity contribution in [1.29, 1.82) is 0 Å². The van der Waals surface area contributed by atoms with Crippen LogP contribution in [0.2, 0.25) is 0 Å². The highest BCUT2D eigenvalue weighted by Crippen LogP contribution is 2.29. The van der Waals surface area contributed by atoms with Crippen LogP contribution in [-0.4, -0.2) is 51.5 Å². The summed E-state index contributed by atoms with van der Waals surface area (Å²) in [5.41, 5.74) is 0. The molecule has 1 rings (SSSR count). The average molecular weight is 319 g/mol. The van der Waals surface area contributed by atoms with Crippen LogP contribution >= 0.6 is 0 Å². The molecule has 0 unspecified atom stereocenters.